The van der Waals surface area contributed by atoms with Crippen LogP contribution in [0.1, 0.15) is 18.4 Å². The van der Waals surface area contributed by atoms with E-state index in [4.69, 9.17) is 0 Å². The van der Waals surface area contributed by atoms with E-state index in [-0.39, 0.29) is 18.1 Å². The molecule has 1 saturated carbocycles. The van der Waals surface area contributed by atoms with Crippen LogP contribution in [0, 0.1) is 16.7 Å². The summed E-state index contributed by atoms with van der Waals surface area (Å²) in [7, 11) is 0. The molecule has 25 heavy (non-hydrogen) atoms. The lowest BCUT2D eigenvalue weighted by Crippen LogP contribution is -2.62. The molecule has 9 heteroatoms. The maximum absolute atomic E-state index is 13.1. The lowest BCUT2D eigenvalue weighted by atomic mass is 10.0. The Bertz CT molecular complexity index is 768. The number of hydrogen-bond donors (Lipinski definition) is 1. The van der Waals surface area contributed by atoms with E-state index < -0.39 is 23.2 Å². The largest absolute Gasteiger partial charge is 0.417 e. The van der Waals surface area contributed by atoms with Gasteiger partial charge in [-0.05, 0) is 18.9 Å². The first-order valence-electron chi connectivity index (χ1n) is 8.12. The van der Waals surface area contributed by atoms with Crippen LogP contribution in [0.15, 0.2) is 12.3 Å². The summed E-state index contributed by atoms with van der Waals surface area (Å²) in [5.41, 5.74) is -1.38. The van der Waals surface area contributed by atoms with Gasteiger partial charge in [0.05, 0.1) is 22.7 Å². The molecule has 3 aliphatic rings. The zero-order valence-electron chi connectivity index (χ0n) is 13.3. The first-order valence-corrected chi connectivity index (χ1v) is 8.12. The molecule has 132 valence electrons. The molecule has 1 amide bonds. The number of carbonyl (C=O) groups is 1. The minimum absolute atomic E-state index is 0.114. The number of amides is 1. The van der Waals surface area contributed by atoms with Gasteiger partial charge in [-0.15, -0.1) is 0 Å². The van der Waals surface area contributed by atoms with Crippen molar-refractivity contribution < 1.29 is 18.0 Å². The molecule has 3 heterocycles. The monoisotopic (exact) mass is 351 g/mol. The van der Waals surface area contributed by atoms with Crippen molar-refractivity contribution in [1.82, 2.24) is 10.3 Å². The number of nitrogens with zero attached hydrogens (tertiary/aromatic N) is 4. The number of piperazine rings is 1. The standard InChI is InChI=1S/C16H16F3N5O/c17-16(18,19)10-5-11-13(22-6-10)23-4-3-21-7-12(23)14(25)24(11)9-15(8-20)1-2-15/h5-6,12,21H,1-4,7,9H2/t12-/m1/s1. The number of anilines is 2. The fourth-order valence-electron chi connectivity index (χ4n) is 3.42. The molecule has 0 bridgehead atoms. The van der Waals surface area contributed by atoms with Crippen LogP contribution in [0.25, 0.3) is 0 Å². The normalized spacial score (nSPS) is 24.4. The van der Waals surface area contributed by atoms with Crippen LogP contribution in [0.4, 0.5) is 24.7 Å². The van der Waals surface area contributed by atoms with Gasteiger partial charge in [0, 0.05) is 32.4 Å². The van der Waals surface area contributed by atoms with Crippen LogP contribution in [0.5, 0.6) is 0 Å². The maximum Gasteiger partial charge on any atom is 0.417 e. The number of pyridine rings is 1. The van der Waals surface area contributed by atoms with Crippen molar-refractivity contribution in [3.05, 3.63) is 17.8 Å². The van der Waals surface area contributed by atoms with Gasteiger partial charge < -0.3 is 15.1 Å². The highest BCUT2D eigenvalue weighted by molar-refractivity contribution is 6.05. The van der Waals surface area contributed by atoms with Crippen molar-refractivity contribution >= 4 is 17.4 Å². The van der Waals surface area contributed by atoms with Gasteiger partial charge in [0.1, 0.15) is 6.04 Å². The van der Waals surface area contributed by atoms with Crippen LogP contribution in [0.2, 0.25) is 0 Å². The smallest absolute Gasteiger partial charge is 0.340 e. The third-order valence-electron chi connectivity index (χ3n) is 5.08. The third-order valence-corrected chi connectivity index (χ3v) is 5.08. The predicted molar refractivity (Wildman–Crippen MR) is 82.9 cm³/mol. The number of rotatable bonds is 2. The zero-order valence-corrected chi connectivity index (χ0v) is 13.3. The quantitative estimate of drug-likeness (QED) is 0.875. The summed E-state index contributed by atoms with van der Waals surface area (Å²) in [5.74, 6) is 0.107. The van der Waals surface area contributed by atoms with E-state index in [9.17, 15) is 23.2 Å². The lowest BCUT2D eigenvalue weighted by molar-refractivity contribution is -0.137. The lowest BCUT2D eigenvalue weighted by Gasteiger charge is -2.45. The summed E-state index contributed by atoms with van der Waals surface area (Å²) in [6.45, 7) is 1.66. The van der Waals surface area contributed by atoms with E-state index in [2.05, 4.69) is 16.4 Å². The molecule has 1 N–H and O–H groups in total. The number of alkyl halides is 3. The van der Waals surface area contributed by atoms with E-state index in [0.29, 0.717) is 38.3 Å². The Morgan fingerprint density at radius 1 is 1.44 bits per heavy atom. The number of carbonyl (C=O) groups excluding carboxylic acids is 1. The van der Waals surface area contributed by atoms with Crippen molar-refractivity contribution in [3.63, 3.8) is 0 Å². The molecule has 1 aliphatic carbocycles. The molecule has 2 fully saturated rings. The maximum atomic E-state index is 13.1. The number of fused-ring (bicyclic) bond motifs is 3. The summed E-state index contributed by atoms with van der Waals surface area (Å²) in [5, 5.41) is 12.5. The van der Waals surface area contributed by atoms with Crippen molar-refractivity contribution in [2.75, 3.05) is 36.0 Å². The molecule has 0 spiro atoms. The van der Waals surface area contributed by atoms with Crippen LogP contribution >= 0.6 is 0 Å². The number of hydrogen-bond acceptors (Lipinski definition) is 5. The Hall–Kier alpha value is -2.34. The highest BCUT2D eigenvalue weighted by Gasteiger charge is 2.49. The molecule has 1 aromatic heterocycles. The minimum Gasteiger partial charge on any atom is -0.340 e. The summed E-state index contributed by atoms with van der Waals surface area (Å²) >= 11 is 0. The topological polar surface area (TPSA) is 72.3 Å². The van der Waals surface area contributed by atoms with Crippen molar-refractivity contribution in [3.8, 4) is 6.07 Å². The molecule has 2 aliphatic heterocycles. The van der Waals surface area contributed by atoms with Gasteiger partial charge in [-0.1, -0.05) is 0 Å². The molecule has 0 aromatic carbocycles. The number of aromatic nitrogens is 1. The summed E-state index contributed by atoms with van der Waals surface area (Å²) in [4.78, 5) is 20.1. The van der Waals surface area contributed by atoms with E-state index >= 15 is 0 Å². The molecule has 0 unspecified atom stereocenters. The average molecular weight is 351 g/mol. The summed E-state index contributed by atoms with van der Waals surface area (Å²) in [6, 6.07) is 2.68. The Morgan fingerprint density at radius 3 is 2.84 bits per heavy atom. The molecule has 0 radical (unpaired) electrons. The second kappa shape index (κ2) is 5.33. The van der Waals surface area contributed by atoms with Crippen LogP contribution in [0.3, 0.4) is 0 Å². The predicted octanol–water partition coefficient (Wildman–Crippen LogP) is 1.53. The Kier molecular flexibility index (Phi) is 3.44. The summed E-state index contributed by atoms with van der Waals surface area (Å²) < 4.78 is 39.3. The van der Waals surface area contributed by atoms with E-state index in [1.165, 1.54) is 4.90 Å². The van der Waals surface area contributed by atoms with Gasteiger partial charge in [-0.2, -0.15) is 18.4 Å². The highest BCUT2D eigenvalue weighted by Crippen LogP contribution is 2.48. The van der Waals surface area contributed by atoms with Crippen molar-refractivity contribution in [2.45, 2.75) is 25.1 Å². The van der Waals surface area contributed by atoms with Gasteiger partial charge in [-0.25, -0.2) is 4.98 Å². The Balaban J connectivity index is 1.81. The zero-order chi connectivity index (χ0) is 17.8. The van der Waals surface area contributed by atoms with Gasteiger partial charge in [-0.3, -0.25) is 4.79 Å². The number of halogens is 3. The van der Waals surface area contributed by atoms with E-state index in [1.54, 1.807) is 4.90 Å². The molecule has 1 saturated heterocycles. The molecule has 1 atom stereocenters. The first-order chi connectivity index (χ1) is 11.8. The van der Waals surface area contributed by atoms with E-state index in [0.717, 1.165) is 12.3 Å². The molecular formula is C16H16F3N5O. The Morgan fingerprint density at radius 2 is 2.20 bits per heavy atom. The SMILES string of the molecule is N#CC1(CN2C(=O)[C@H]3CNCCN3c3ncc(C(F)(F)F)cc32)CC1. The molecule has 6 nitrogen and oxygen atoms in total. The van der Waals surface area contributed by atoms with Crippen LogP contribution in [-0.4, -0.2) is 43.1 Å². The second-order valence-corrected chi connectivity index (χ2v) is 6.79. The van der Waals surface area contributed by atoms with Crippen molar-refractivity contribution in [1.29, 1.82) is 5.26 Å². The van der Waals surface area contributed by atoms with Gasteiger partial charge in [0.25, 0.3) is 5.91 Å². The first kappa shape index (κ1) is 16.1. The highest BCUT2D eigenvalue weighted by atomic mass is 19.4. The van der Waals surface area contributed by atoms with E-state index in [1.807, 2.05) is 0 Å². The molecular weight excluding hydrogens is 335 g/mol. The average Bonchev–Trinajstić information content (AvgIpc) is 3.38. The van der Waals surface area contributed by atoms with Gasteiger partial charge in [0.15, 0.2) is 5.82 Å². The van der Waals surface area contributed by atoms with Gasteiger partial charge in [0.2, 0.25) is 0 Å². The minimum atomic E-state index is -4.54. The van der Waals surface area contributed by atoms with Crippen LogP contribution in [-0.2, 0) is 11.0 Å². The number of nitrogens with one attached hydrogen (secondary N) is 1. The molecule has 1 aromatic rings. The fourth-order valence-corrected chi connectivity index (χ4v) is 3.42. The molecule has 4 rings (SSSR count). The van der Waals surface area contributed by atoms with Crippen LogP contribution < -0.4 is 15.1 Å². The Labute approximate surface area is 142 Å². The second-order valence-electron chi connectivity index (χ2n) is 6.79. The van der Waals surface area contributed by atoms with Gasteiger partial charge >= 0.3 is 6.18 Å². The fraction of sp³-hybridized carbons (Fsp3) is 0.562. The number of nitriles is 1. The summed E-state index contributed by atoms with van der Waals surface area (Å²) in [6.07, 6.45) is -2.42. The third kappa shape index (κ3) is 2.61. The van der Waals surface area contributed by atoms with Crippen molar-refractivity contribution in [2.24, 2.45) is 5.41 Å².